The van der Waals surface area contributed by atoms with E-state index in [9.17, 15) is 4.39 Å². The van der Waals surface area contributed by atoms with Crippen molar-refractivity contribution in [2.45, 2.75) is 25.5 Å². The summed E-state index contributed by atoms with van der Waals surface area (Å²) in [6.45, 7) is 1.85. The van der Waals surface area contributed by atoms with E-state index >= 15 is 0 Å². The maximum absolute atomic E-state index is 13.7. The molecule has 1 aromatic carbocycles. The van der Waals surface area contributed by atoms with Crippen LogP contribution in [-0.2, 0) is 11.3 Å². The van der Waals surface area contributed by atoms with Gasteiger partial charge in [0.1, 0.15) is 11.9 Å². The fourth-order valence-electron chi connectivity index (χ4n) is 1.99. The first kappa shape index (κ1) is 12.0. The molecule has 4 heteroatoms. The van der Waals surface area contributed by atoms with Gasteiger partial charge in [-0.25, -0.2) is 4.39 Å². The van der Waals surface area contributed by atoms with Crippen LogP contribution in [-0.4, -0.2) is 19.2 Å². The van der Waals surface area contributed by atoms with Crippen molar-refractivity contribution in [2.75, 3.05) is 13.2 Å². The number of ether oxygens (including phenoxy) is 1. The van der Waals surface area contributed by atoms with Crippen molar-refractivity contribution in [3.63, 3.8) is 0 Å². The van der Waals surface area contributed by atoms with E-state index in [1.54, 1.807) is 12.1 Å². The van der Waals surface area contributed by atoms with Crippen molar-refractivity contribution in [1.29, 1.82) is 5.26 Å². The predicted octanol–water partition coefficient (Wildman–Crippen LogP) is 1.97. The van der Waals surface area contributed by atoms with E-state index in [-0.39, 0.29) is 12.2 Å². The number of nitriles is 1. The molecule has 0 saturated carbocycles. The fourth-order valence-corrected chi connectivity index (χ4v) is 1.99. The van der Waals surface area contributed by atoms with Crippen molar-refractivity contribution in [3.8, 4) is 6.07 Å². The first-order chi connectivity index (χ1) is 8.31. The van der Waals surface area contributed by atoms with Gasteiger partial charge in [0, 0.05) is 11.6 Å². The highest BCUT2D eigenvalue weighted by Crippen LogP contribution is 2.14. The second-order valence-electron chi connectivity index (χ2n) is 4.20. The summed E-state index contributed by atoms with van der Waals surface area (Å²) in [6.07, 6.45) is 2.28. The third-order valence-electron chi connectivity index (χ3n) is 2.94. The largest absolute Gasteiger partial charge is 0.375 e. The molecule has 1 saturated heterocycles. The molecule has 1 aliphatic heterocycles. The lowest BCUT2D eigenvalue weighted by atomic mass is 10.1. The maximum atomic E-state index is 13.7. The van der Waals surface area contributed by atoms with E-state index in [2.05, 4.69) is 5.32 Å². The van der Waals surface area contributed by atoms with Gasteiger partial charge in [0.15, 0.2) is 0 Å². The van der Waals surface area contributed by atoms with Gasteiger partial charge in [-0.1, -0.05) is 12.1 Å². The molecule has 0 aromatic heterocycles. The van der Waals surface area contributed by atoms with Crippen molar-refractivity contribution in [3.05, 3.63) is 35.1 Å². The fraction of sp³-hybridized carbons (Fsp3) is 0.462. The van der Waals surface area contributed by atoms with E-state index in [1.165, 1.54) is 12.5 Å². The summed E-state index contributed by atoms with van der Waals surface area (Å²) < 4.78 is 19.1. The topological polar surface area (TPSA) is 45.0 Å². The van der Waals surface area contributed by atoms with E-state index in [0.29, 0.717) is 18.2 Å². The average molecular weight is 234 g/mol. The molecule has 17 heavy (non-hydrogen) atoms. The molecule has 1 unspecified atom stereocenters. The van der Waals surface area contributed by atoms with Gasteiger partial charge < -0.3 is 10.1 Å². The molecule has 90 valence electrons. The third kappa shape index (κ3) is 3.02. The molecule has 1 N–H and O–H groups in total. The van der Waals surface area contributed by atoms with Gasteiger partial charge in [-0.05, 0) is 25.5 Å². The molecule has 0 spiro atoms. The predicted molar refractivity (Wildman–Crippen MR) is 61.8 cm³/mol. The van der Waals surface area contributed by atoms with Crippen molar-refractivity contribution >= 4 is 0 Å². The Balaban J connectivity index is 1.88. The molecule has 1 aromatic rings. The van der Waals surface area contributed by atoms with E-state index in [1.807, 2.05) is 6.07 Å². The zero-order valence-electron chi connectivity index (χ0n) is 9.58. The smallest absolute Gasteiger partial charge is 0.146 e. The first-order valence-corrected chi connectivity index (χ1v) is 5.80. The summed E-state index contributed by atoms with van der Waals surface area (Å²) in [6, 6.07) is 7.01. The summed E-state index contributed by atoms with van der Waals surface area (Å²) in [4.78, 5) is 0. The minimum atomic E-state index is -0.464. The molecule has 0 bridgehead atoms. The molecule has 1 atom stereocenters. The summed E-state index contributed by atoms with van der Waals surface area (Å²) in [5, 5.41) is 12.0. The Morgan fingerprint density at radius 2 is 2.41 bits per heavy atom. The third-order valence-corrected chi connectivity index (χ3v) is 2.94. The van der Waals surface area contributed by atoms with Crippen LogP contribution in [0, 0.1) is 17.1 Å². The number of hydrogen-bond acceptors (Lipinski definition) is 3. The quantitative estimate of drug-likeness (QED) is 0.866. The minimum Gasteiger partial charge on any atom is -0.375 e. The number of halogens is 1. The SMILES string of the molecule is N#Cc1cccc(COCC2CCCN2)c1F. The molecule has 0 aliphatic carbocycles. The number of hydrogen-bond donors (Lipinski definition) is 1. The van der Waals surface area contributed by atoms with Crippen LogP contribution in [0.5, 0.6) is 0 Å². The highest BCUT2D eigenvalue weighted by atomic mass is 19.1. The van der Waals surface area contributed by atoms with Gasteiger partial charge in [0.05, 0.1) is 18.8 Å². The van der Waals surface area contributed by atoms with Gasteiger partial charge in [-0.3, -0.25) is 0 Å². The number of nitrogens with zero attached hydrogens (tertiary/aromatic N) is 1. The van der Waals surface area contributed by atoms with Crippen LogP contribution in [0.3, 0.4) is 0 Å². The van der Waals surface area contributed by atoms with Crippen molar-refractivity contribution in [1.82, 2.24) is 5.32 Å². The summed E-state index contributed by atoms with van der Waals surface area (Å²) in [7, 11) is 0. The van der Waals surface area contributed by atoms with Crippen LogP contribution < -0.4 is 5.32 Å². The second-order valence-corrected chi connectivity index (χ2v) is 4.20. The van der Waals surface area contributed by atoms with Gasteiger partial charge in [-0.15, -0.1) is 0 Å². The Kier molecular flexibility index (Phi) is 4.08. The molecule has 0 amide bonds. The van der Waals surface area contributed by atoms with Crippen molar-refractivity contribution in [2.24, 2.45) is 0 Å². The van der Waals surface area contributed by atoms with Crippen LogP contribution in [0.4, 0.5) is 4.39 Å². The van der Waals surface area contributed by atoms with Crippen LogP contribution in [0.25, 0.3) is 0 Å². The standard InChI is InChI=1S/C13H15FN2O/c14-13-10(7-15)3-1-4-11(13)8-17-9-12-5-2-6-16-12/h1,3-4,12,16H,2,5-6,8-9H2. The Bertz CT molecular complexity index is 422. The highest BCUT2D eigenvalue weighted by Gasteiger charge is 2.14. The molecule has 0 radical (unpaired) electrons. The molecule has 1 aliphatic rings. The molecular formula is C13H15FN2O. The molecule has 1 heterocycles. The number of nitrogens with one attached hydrogen (secondary N) is 1. The van der Waals surface area contributed by atoms with Crippen LogP contribution in [0.2, 0.25) is 0 Å². The van der Waals surface area contributed by atoms with Crippen LogP contribution in [0.1, 0.15) is 24.0 Å². The van der Waals surface area contributed by atoms with Gasteiger partial charge in [-0.2, -0.15) is 5.26 Å². The second kappa shape index (κ2) is 5.76. The lowest BCUT2D eigenvalue weighted by Crippen LogP contribution is -2.26. The zero-order valence-corrected chi connectivity index (χ0v) is 9.58. The lowest BCUT2D eigenvalue weighted by Gasteiger charge is -2.11. The molecule has 1 fully saturated rings. The summed E-state index contributed by atoms with van der Waals surface area (Å²) in [5.41, 5.74) is 0.520. The van der Waals surface area contributed by atoms with Gasteiger partial charge in [0.25, 0.3) is 0 Å². The normalized spacial score (nSPS) is 19.2. The maximum Gasteiger partial charge on any atom is 0.146 e. The minimum absolute atomic E-state index is 0.0742. The Labute approximate surface area is 100 Å². The van der Waals surface area contributed by atoms with Crippen LogP contribution in [0.15, 0.2) is 18.2 Å². The average Bonchev–Trinajstić information content (AvgIpc) is 2.84. The number of rotatable bonds is 4. The Morgan fingerprint density at radius 3 is 3.12 bits per heavy atom. The Morgan fingerprint density at radius 1 is 1.53 bits per heavy atom. The summed E-state index contributed by atoms with van der Waals surface area (Å²) >= 11 is 0. The van der Waals surface area contributed by atoms with Gasteiger partial charge >= 0.3 is 0 Å². The molecule has 2 rings (SSSR count). The van der Waals surface area contributed by atoms with Crippen molar-refractivity contribution < 1.29 is 9.13 Å². The van der Waals surface area contributed by atoms with E-state index in [0.717, 1.165) is 13.0 Å². The van der Waals surface area contributed by atoms with Crippen LogP contribution >= 0.6 is 0 Å². The van der Waals surface area contributed by atoms with Gasteiger partial charge in [0.2, 0.25) is 0 Å². The molecule has 3 nitrogen and oxygen atoms in total. The van der Waals surface area contributed by atoms with E-state index < -0.39 is 5.82 Å². The highest BCUT2D eigenvalue weighted by molar-refractivity contribution is 5.34. The molecular weight excluding hydrogens is 219 g/mol. The Hall–Kier alpha value is -1.44. The monoisotopic (exact) mass is 234 g/mol. The van der Waals surface area contributed by atoms with E-state index in [4.69, 9.17) is 10.00 Å². The first-order valence-electron chi connectivity index (χ1n) is 5.80. The lowest BCUT2D eigenvalue weighted by molar-refractivity contribution is 0.101. The number of benzene rings is 1. The zero-order chi connectivity index (χ0) is 12.1. The summed E-state index contributed by atoms with van der Waals surface area (Å²) in [5.74, 6) is -0.464.